The Morgan fingerprint density at radius 3 is 1.95 bits per heavy atom. The first-order chi connectivity index (χ1) is 9.85. The van der Waals surface area contributed by atoms with Gasteiger partial charge in [-0.3, -0.25) is 4.79 Å². The summed E-state index contributed by atoms with van der Waals surface area (Å²) in [6, 6.07) is 5.23. The van der Waals surface area contributed by atoms with E-state index in [1.807, 2.05) is 6.07 Å². The largest absolute Gasteiger partial charge is 0.481 e. The highest BCUT2D eigenvalue weighted by atomic mass is 16.4. The van der Waals surface area contributed by atoms with Gasteiger partial charge in [-0.1, -0.05) is 0 Å². The number of rotatable bonds is 7. The van der Waals surface area contributed by atoms with Crippen molar-refractivity contribution >= 4 is 23.6 Å². The van der Waals surface area contributed by atoms with Crippen LogP contribution < -0.4 is 4.90 Å². The molecule has 0 aromatic heterocycles. The van der Waals surface area contributed by atoms with Crippen molar-refractivity contribution in [2.45, 2.75) is 6.42 Å². The monoisotopic (exact) mass is 292 g/mol. The summed E-state index contributed by atoms with van der Waals surface area (Å²) in [6.45, 7) is -0.222. The van der Waals surface area contributed by atoms with Gasteiger partial charge < -0.3 is 20.2 Å². The maximum atomic E-state index is 11.0. The van der Waals surface area contributed by atoms with Gasteiger partial charge in [-0.15, -0.1) is 0 Å². The van der Waals surface area contributed by atoms with Gasteiger partial charge in [-0.2, -0.15) is 5.26 Å². The number of carboxylic acid groups (broad SMARTS) is 3. The van der Waals surface area contributed by atoms with Gasteiger partial charge in [0.25, 0.3) is 0 Å². The van der Waals surface area contributed by atoms with Crippen molar-refractivity contribution in [1.29, 1.82) is 5.26 Å². The van der Waals surface area contributed by atoms with Crippen LogP contribution in [0.15, 0.2) is 18.2 Å². The maximum absolute atomic E-state index is 11.0. The van der Waals surface area contributed by atoms with E-state index in [9.17, 15) is 14.4 Å². The average molecular weight is 292 g/mol. The molecule has 0 aliphatic carbocycles. The summed E-state index contributed by atoms with van der Waals surface area (Å²) in [6.07, 6.45) is -0.263. The summed E-state index contributed by atoms with van der Waals surface area (Å²) in [4.78, 5) is 33.9. The standard InChI is InChI=1S/C13H12N2O6/c14-2-4-15(3-1-11(16)17)10-6-8(12(18)19)5-9(7-10)13(20)21/h5-7H,1,3-4H2,(H,16,17)(H,18,19)(H,20,21). The fourth-order valence-corrected chi connectivity index (χ4v) is 1.66. The lowest BCUT2D eigenvalue weighted by Gasteiger charge is -2.21. The molecule has 0 spiro atoms. The lowest BCUT2D eigenvalue weighted by atomic mass is 10.1. The zero-order chi connectivity index (χ0) is 16.0. The van der Waals surface area contributed by atoms with Gasteiger partial charge in [0.05, 0.1) is 23.6 Å². The van der Waals surface area contributed by atoms with Crippen LogP contribution in [0, 0.1) is 11.3 Å². The number of nitriles is 1. The summed E-state index contributed by atoms with van der Waals surface area (Å²) >= 11 is 0. The first kappa shape index (κ1) is 16.0. The normalized spacial score (nSPS) is 9.67. The molecule has 0 saturated heterocycles. The van der Waals surface area contributed by atoms with Crippen molar-refractivity contribution in [3.8, 4) is 6.07 Å². The third kappa shape index (κ3) is 4.50. The van der Waals surface area contributed by atoms with Crippen LogP contribution in [0.5, 0.6) is 0 Å². The predicted molar refractivity (Wildman–Crippen MR) is 70.4 cm³/mol. The Kier molecular flexibility index (Phi) is 5.25. The number of hydrogen-bond acceptors (Lipinski definition) is 5. The van der Waals surface area contributed by atoms with E-state index in [1.54, 1.807) is 0 Å². The van der Waals surface area contributed by atoms with Gasteiger partial charge >= 0.3 is 17.9 Å². The molecule has 0 heterocycles. The molecule has 0 radical (unpaired) electrons. The highest BCUT2D eigenvalue weighted by molar-refractivity contribution is 5.95. The van der Waals surface area contributed by atoms with Gasteiger partial charge in [0.2, 0.25) is 0 Å². The Hall–Kier alpha value is -3.08. The van der Waals surface area contributed by atoms with Gasteiger partial charge in [-0.05, 0) is 18.2 Å². The van der Waals surface area contributed by atoms with Crippen molar-refractivity contribution in [3.63, 3.8) is 0 Å². The summed E-state index contributed by atoms with van der Waals surface area (Å²) in [5.41, 5.74) is -0.318. The third-order valence-corrected chi connectivity index (χ3v) is 2.63. The second-order valence-corrected chi connectivity index (χ2v) is 4.10. The third-order valence-electron chi connectivity index (χ3n) is 2.63. The lowest BCUT2D eigenvalue weighted by molar-refractivity contribution is -0.136. The van der Waals surface area contributed by atoms with Crippen molar-refractivity contribution in [1.82, 2.24) is 0 Å². The highest BCUT2D eigenvalue weighted by Crippen LogP contribution is 2.20. The summed E-state index contributed by atoms with van der Waals surface area (Å²) in [7, 11) is 0. The number of carboxylic acids is 3. The predicted octanol–water partition coefficient (Wildman–Crippen LogP) is 0.888. The Balaban J connectivity index is 3.22. The van der Waals surface area contributed by atoms with E-state index in [0.717, 1.165) is 6.07 Å². The van der Waals surface area contributed by atoms with Crippen molar-refractivity contribution in [2.75, 3.05) is 18.0 Å². The second kappa shape index (κ2) is 6.91. The van der Waals surface area contributed by atoms with Crippen LogP contribution in [0.3, 0.4) is 0 Å². The molecule has 8 nitrogen and oxygen atoms in total. The molecule has 21 heavy (non-hydrogen) atoms. The molecule has 0 aliphatic rings. The quantitative estimate of drug-likeness (QED) is 0.629. The molecule has 8 heteroatoms. The number of hydrogen-bond donors (Lipinski definition) is 3. The molecule has 0 amide bonds. The molecular weight excluding hydrogens is 280 g/mol. The number of carbonyl (C=O) groups is 3. The molecule has 1 aromatic rings. The van der Waals surface area contributed by atoms with E-state index in [1.165, 1.54) is 17.0 Å². The topological polar surface area (TPSA) is 139 Å². The first-order valence-corrected chi connectivity index (χ1v) is 5.80. The number of benzene rings is 1. The smallest absolute Gasteiger partial charge is 0.335 e. The van der Waals surface area contributed by atoms with Gasteiger partial charge in [0.1, 0.15) is 6.54 Å². The number of aliphatic carboxylic acids is 1. The van der Waals surface area contributed by atoms with Crippen LogP contribution in [0.25, 0.3) is 0 Å². The molecule has 1 rings (SSSR count). The molecule has 0 aliphatic heterocycles. The van der Waals surface area contributed by atoms with E-state index < -0.39 is 17.9 Å². The van der Waals surface area contributed by atoms with E-state index in [4.69, 9.17) is 20.6 Å². The van der Waals surface area contributed by atoms with Crippen LogP contribution >= 0.6 is 0 Å². The molecule has 1 aromatic carbocycles. The molecule has 110 valence electrons. The number of nitrogens with zero attached hydrogens (tertiary/aromatic N) is 2. The fraction of sp³-hybridized carbons (Fsp3) is 0.231. The maximum Gasteiger partial charge on any atom is 0.335 e. The van der Waals surface area contributed by atoms with Crippen LogP contribution in [0.1, 0.15) is 27.1 Å². The minimum absolute atomic E-state index is 0.0367. The summed E-state index contributed by atoms with van der Waals surface area (Å²) < 4.78 is 0. The molecule has 0 atom stereocenters. The van der Waals surface area contributed by atoms with Crippen LogP contribution in [0.4, 0.5) is 5.69 Å². The molecule has 0 saturated carbocycles. The van der Waals surface area contributed by atoms with Crippen molar-refractivity contribution < 1.29 is 29.7 Å². The van der Waals surface area contributed by atoms with Crippen LogP contribution in [-0.4, -0.2) is 46.3 Å². The van der Waals surface area contributed by atoms with E-state index in [-0.39, 0.29) is 36.3 Å². The lowest BCUT2D eigenvalue weighted by Crippen LogP contribution is -2.27. The summed E-state index contributed by atoms with van der Waals surface area (Å²) in [5, 5.41) is 35.4. The number of aromatic carboxylic acids is 2. The number of anilines is 1. The zero-order valence-electron chi connectivity index (χ0n) is 10.8. The zero-order valence-corrected chi connectivity index (χ0v) is 10.8. The van der Waals surface area contributed by atoms with E-state index >= 15 is 0 Å². The Morgan fingerprint density at radius 2 is 1.57 bits per heavy atom. The Bertz CT molecular complexity index is 587. The molecule has 0 fully saturated rings. The van der Waals surface area contributed by atoms with E-state index in [0.29, 0.717) is 0 Å². The molecular formula is C13H12N2O6. The van der Waals surface area contributed by atoms with E-state index in [2.05, 4.69) is 0 Å². The second-order valence-electron chi connectivity index (χ2n) is 4.10. The average Bonchev–Trinajstić information content (AvgIpc) is 2.42. The van der Waals surface area contributed by atoms with Crippen LogP contribution in [0.2, 0.25) is 0 Å². The molecule has 3 N–H and O–H groups in total. The SMILES string of the molecule is N#CCN(CCC(=O)O)c1cc(C(=O)O)cc(C(=O)O)c1. The van der Waals surface area contributed by atoms with Gasteiger partial charge in [-0.25, -0.2) is 9.59 Å². The van der Waals surface area contributed by atoms with Gasteiger partial charge in [0.15, 0.2) is 0 Å². The first-order valence-electron chi connectivity index (χ1n) is 5.80. The van der Waals surface area contributed by atoms with Crippen molar-refractivity contribution in [3.05, 3.63) is 29.3 Å². The fourth-order valence-electron chi connectivity index (χ4n) is 1.66. The minimum atomic E-state index is -1.31. The Morgan fingerprint density at radius 1 is 1.05 bits per heavy atom. The highest BCUT2D eigenvalue weighted by Gasteiger charge is 2.15. The summed E-state index contributed by atoms with van der Waals surface area (Å²) in [5.74, 6) is -3.70. The Labute approximate surface area is 119 Å². The molecule has 0 unspecified atom stereocenters. The van der Waals surface area contributed by atoms with Crippen molar-refractivity contribution in [2.24, 2.45) is 0 Å². The minimum Gasteiger partial charge on any atom is -0.481 e. The van der Waals surface area contributed by atoms with Crippen LogP contribution in [-0.2, 0) is 4.79 Å². The van der Waals surface area contributed by atoms with Gasteiger partial charge in [0, 0.05) is 12.2 Å². The molecule has 0 bridgehead atoms.